The van der Waals surface area contributed by atoms with Crippen molar-refractivity contribution in [2.24, 2.45) is 11.5 Å². The maximum atomic E-state index is 12.5. The lowest BCUT2D eigenvalue weighted by molar-refractivity contribution is -0.145. The van der Waals surface area contributed by atoms with Crippen LogP contribution in [0.2, 0.25) is 0 Å². The number of hydrogen-bond acceptors (Lipinski definition) is 9. The number of amides is 4. The summed E-state index contributed by atoms with van der Waals surface area (Å²) in [5.41, 5.74) is 10.4. The molecular formula is C17H27N5O11. The molecular weight excluding hydrogens is 450 g/mol. The zero-order valence-corrected chi connectivity index (χ0v) is 17.5. The second-order valence-electron chi connectivity index (χ2n) is 6.99. The van der Waals surface area contributed by atoms with Gasteiger partial charge in [-0.05, 0) is 13.3 Å². The average Bonchev–Trinajstić information content (AvgIpc) is 2.67. The third kappa shape index (κ3) is 11.4. The summed E-state index contributed by atoms with van der Waals surface area (Å²) in [6.07, 6.45) is -4.11. The molecule has 0 heterocycles. The number of aliphatic hydroxyl groups is 1. The van der Waals surface area contributed by atoms with Gasteiger partial charge >= 0.3 is 17.9 Å². The Kier molecular flexibility index (Phi) is 12.0. The van der Waals surface area contributed by atoms with Gasteiger partial charge in [0.25, 0.3) is 0 Å². The van der Waals surface area contributed by atoms with Crippen LogP contribution in [0.25, 0.3) is 0 Å². The SMILES string of the molecule is CC(O)C(NC(=O)C(N)CCC(=O)O)C(=O)NC(CC(=O)O)C(=O)NC(CC(N)=O)C(=O)O. The van der Waals surface area contributed by atoms with Gasteiger partial charge < -0.3 is 47.8 Å². The van der Waals surface area contributed by atoms with Crippen LogP contribution in [0, 0.1) is 0 Å². The number of aliphatic hydroxyl groups excluding tert-OH is 1. The largest absolute Gasteiger partial charge is 0.481 e. The van der Waals surface area contributed by atoms with Crippen LogP contribution < -0.4 is 27.4 Å². The Bertz CT molecular complexity index is 785. The lowest BCUT2D eigenvalue weighted by Gasteiger charge is -2.25. The van der Waals surface area contributed by atoms with E-state index in [1.54, 1.807) is 0 Å². The zero-order chi connectivity index (χ0) is 25.9. The molecule has 0 aliphatic rings. The molecule has 186 valence electrons. The minimum Gasteiger partial charge on any atom is -0.481 e. The lowest BCUT2D eigenvalue weighted by atomic mass is 10.1. The molecule has 5 atom stereocenters. The number of primary amides is 1. The van der Waals surface area contributed by atoms with Crippen LogP contribution >= 0.6 is 0 Å². The number of carboxylic acid groups (broad SMARTS) is 3. The van der Waals surface area contributed by atoms with Gasteiger partial charge in [-0.1, -0.05) is 0 Å². The molecule has 16 heteroatoms. The Morgan fingerprint density at radius 2 is 1.33 bits per heavy atom. The van der Waals surface area contributed by atoms with Crippen molar-refractivity contribution in [3.05, 3.63) is 0 Å². The molecule has 5 unspecified atom stereocenters. The molecule has 16 nitrogen and oxygen atoms in total. The van der Waals surface area contributed by atoms with E-state index in [1.807, 2.05) is 10.6 Å². The number of aliphatic carboxylic acids is 3. The number of nitrogens with two attached hydrogens (primary N) is 2. The first kappa shape index (κ1) is 29.2. The molecule has 0 saturated heterocycles. The fourth-order valence-corrected chi connectivity index (χ4v) is 2.39. The maximum absolute atomic E-state index is 12.5. The summed E-state index contributed by atoms with van der Waals surface area (Å²) >= 11 is 0. The summed E-state index contributed by atoms with van der Waals surface area (Å²) in [5, 5.41) is 42.4. The van der Waals surface area contributed by atoms with Gasteiger partial charge in [-0.3, -0.25) is 28.8 Å². The van der Waals surface area contributed by atoms with Crippen molar-refractivity contribution < 1.29 is 54.0 Å². The highest BCUT2D eigenvalue weighted by molar-refractivity contribution is 5.96. The predicted molar refractivity (Wildman–Crippen MR) is 106 cm³/mol. The summed E-state index contributed by atoms with van der Waals surface area (Å²) in [6.45, 7) is 1.09. The molecule has 0 rings (SSSR count). The van der Waals surface area contributed by atoms with Crippen molar-refractivity contribution in [2.75, 3.05) is 0 Å². The summed E-state index contributed by atoms with van der Waals surface area (Å²) in [7, 11) is 0. The van der Waals surface area contributed by atoms with Crippen LogP contribution in [0.3, 0.4) is 0 Å². The van der Waals surface area contributed by atoms with Gasteiger partial charge in [0.15, 0.2) is 0 Å². The van der Waals surface area contributed by atoms with E-state index in [4.69, 9.17) is 26.8 Å². The molecule has 0 aromatic carbocycles. The van der Waals surface area contributed by atoms with E-state index in [0.29, 0.717) is 0 Å². The van der Waals surface area contributed by atoms with Crippen molar-refractivity contribution >= 4 is 41.5 Å². The Balaban J connectivity index is 5.44. The first-order valence-corrected chi connectivity index (χ1v) is 9.45. The topological polar surface area (TPSA) is 289 Å². The molecule has 0 aromatic rings. The summed E-state index contributed by atoms with van der Waals surface area (Å²) < 4.78 is 0. The van der Waals surface area contributed by atoms with Crippen molar-refractivity contribution in [3.63, 3.8) is 0 Å². The fourth-order valence-electron chi connectivity index (χ4n) is 2.39. The quantitative estimate of drug-likeness (QED) is 0.108. The molecule has 0 fully saturated rings. The van der Waals surface area contributed by atoms with Gasteiger partial charge in [0, 0.05) is 6.42 Å². The van der Waals surface area contributed by atoms with Gasteiger partial charge in [-0.25, -0.2) is 4.79 Å². The van der Waals surface area contributed by atoms with E-state index in [-0.39, 0.29) is 6.42 Å². The van der Waals surface area contributed by atoms with E-state index >= 15 is 0 Å². The van der Waals surface area contributed by atoms with Gasteiger partial charge in [-0.2, -0.15) is 0 Å². The van der Waals surface area contributed by atoms with E-state index in [1.165, 1.54) is 0 Å². The first-order chi connectivity index (χ1) is 15.1. The average molecular weight is 477 g/mol. The van der Waals surface area contributed by atoms with Crippen molar-refractivity contribution in [1.29, 1.82) is 0 Å². The highest BCUT2D eigenvalue weighted by Gasteiger charge is 2.33. The molecule has 0 bridgehead atoms. The second-order valence-corrected chi connectivity index (χ2v) is 6.99. The maximum Gasteiger partial charge on any atom is 0.326 e. The van der Waals surface area contributed by atoms with E-state index < -0.39 is 91.1 Å². The van der Waals surface area contributed by atoms with Crippen LogP contribution in [0.5, 0.6) is 0 Å². The van der Waals surface area contributed by atoms with Crippen LogP contribution in [-0.2, 0) is 33.6 Å². The van der Waals surface area contributed by atoms with E-state index in [0.717, 1.165) is 6.92 Å². The predicted octanol–water partition coefficient (Wildman–Crippen LogP) is -4.55. The number of carbonyl (C=O) groups is 7. The van der Waals surface area contributed by atoms with Crippen molar-refractivity contribution in [1.82, 2.24) is 16.0 Å². The third-order valence-electron chi connectivity index (χ3n) is 4.10. The smallest absolute Gasteiger partial charge is 0.326 e. The van der Waals surface area contributed by atoms with Crippen LogP contribution in [-0.4, -0.2) is 92.2 Å². The number of carbonyl (C=O) groups excluding carboxylic acids is 4. The zero-order valence-electron chi connectivity index (χ0n) is 17.5. The van der Waals surface area contributed by atoms with E-state index in [2.05, 4.69) is 5.32 Å². The first-order valence-electron chi connectivity index (χ1n) is 9.45. The lowest BCUT2D eigenvalue weighted by Crippen LogP contribution is -2.60. The van der Waals surface area contributed by atoms with Crippen LogP contribution in [0.1, 0.15) is 32.6 Å². The van der Waals surface area contributed by atoms with E-state index in [9.17, 15) is 38.7 Å². The monoisotopic (exact) mass is 477 g/mol. The second kappa shape index (κ2) is 13.6. The van der Waals surface area contributed by atoms with Gasteiger partial charge in [0.1, 0.15) is 18.1 Å². The Morgan fingerprint density at radius 3 is 1.76 bits per heavy atom. The van der Waals surface area contributed by atoms with Crippen LogP contribution in [0.15, 0.2) is 0 Å². The summed E-state index contributed by atoms with van der Waals surface area (Å²) in [4.78, 5) is 80.7. The fraction of sp³-hybridized carbons (Fsp3) is 0.588. The molecule has 0 radical (unpaired) electrons. The Hall–Kier alpha value is -3.79. The summed E-state index contributed by atoms with van der Waals surface area (Å²) in [5.74, 6) is -9.00. The molecule has 0 saturated carbocycles. The minimum absolute atomic E-state index is 0.282. The highest BCUT2D eigenvalue weighted by atomic mass is 16.4. The van der Waals surface area contributed by atoms with Crippen molar-refractivity contribution in [2.45, 2.75) is 62.9 Å². The standard InChI is InChI=1S/C17H27N5O11/c1-6(23)13(22-14(29)7(18)2-3-11(25)26)16(31)20-8(5-12(27)28)15(30)21-9(17(32)33)4-10(19)24/h6-9,13,23H,2-5,18H2,1H3,(H2,19,24)(H,20,31)(H,21,30)(H,22,29)(H,25,26)(H,27,28)(H,32,33). The molecule has 0 aliphatic carbocycles. The summed E-state index contributed by atoms with van der Waals surface area (Å²) in [6, 6.07) is -6.73. The van der Waals surface area contributed by atoms with Crippen LogP contribution in [0.4, 0.5) is 0 Å². The molecule has 0 aliphatic heterocycles. The molecule has 4 amide bonds. The molecule has 0 aromatic heterocycles. The highest BCUT2D eigenvalue weighted by Crippen LogP contribution is 2.03. The minimum atomic E-state index is -1.86. The number of hydrogen-bond donors (Lipinski definition) is 9. The number of carboxylic acids is 3. The van der Waals surface area contributed by atoms with Crippen molar-refractivity contribution in [3.8, 4) is 0 Å². The van der Waals surface area contributed by atoms with Gasteiger partial charge in [-0.15, -0.1) is 0 Å². The molecule has 11 N–H and O–H groups in total. The third-order valence-corrected chi connectivity index (χ3v) is 4.10. The molecule has 0 spiro atoms. The molecule has 33 heavy (non-hydrogen) atoms. The van der Waals surface area contributed by atoms with Gasteiger partial charge in [0.05, 0.1) is 25.0 Å². The normalized spacial score (nSPS) is 15.1. The number of rotatable bonds is 15. The Morgan fingerprint density at radius 1 is 0.788 bits per heavy atom. The number of nitrogens with one attached hydrogen (secondary N) is 3. The van der Waals surface area contributed by atoms with Gasteiger partial charge in [0.2, 0.25) is 23.6 Å². The Labute approximate surface area is 186 Å².